The number of rotatable bonds is 9. The summed E-state index contributed by atoms with van der Waals surface area (Å²) in [5.74, 6) is 1.98. The fourth-order valence-electron chi connectivity index (χ4n) is 3.29. The van der Waals surface area contributed by atoms with E-state index in [0.29, 0.717) is 40.9 Å². The van der Waals surface area contributed by atoms with Gasteiger partial charge in [-0.1, -0.05) is 30.3 Å². The van der Waals surface area contributed by atoms with Crippen molar-refractivity contribution in [3.63, 3.8) is 0 Å². The van der Waals surface area contributed by atoms with Gasteiger partial charge in [0.05, 0.1) is 38.2 Å². The number of ether oxygens (including phenoxy) is 3. The molecule has 33 heavy (non-hydrogen) atoms. The van der Waals surface area contributed by atoms with Gasteiger partial charge in [0.15, 0.2) is 11.5 Å². The van der Waals surface area contributed by atoms with Crippen LogP contribution in [0.3, 0.4) is 0 Å². The van der Waals surface area contributed by atoms with E-state index in [9.17, 15) is 4.79 Å². The lowest BCUT2D eigenvalue weighted by atomic mass is 10.2. The molecule has 0 atom stereocenters. The van der Waals surface area contributed by atoms with Crippen molar-refractivity contribution in [3.8, 4) is 23.1 Å². The van der Waals surface area contributed by atoms with E-state index >= 15 is 0 Å². The molecular formula is C25H24N4O4. The van der Waals surface area contributed by atoms with E-state index < -0.39 is 0 Å². The minimum Gasteiger partial charge on any atom is -0.493 e. The number of aromatic nitrogens is 2. The zero-order chi connectivity index (χ0) is 23.0. The lowest BCUT2D eigenvalue weighted by Crippen LogP contribution is -2.27. The summed E-state index contributed by atoms with van der Waals surface area (Å²) in [6.45, 7) is 0.817. The number of hydrogen-bond donors (Lipinski definition) is 2. The zero-order valence-corrected chi connectivity index (χ0v) is 18.4. The number of benzene rings is 2. The van der Waals surface area contributed by atoms with E-state index in [2.05, 4.69) is 20.6 Å². The van der Waals surface area contributed by atoms with Gasteiger partial charge in [0.25, 0.3) is 0 Å². The van der Waals surface area contributed by atoms with Crippen LogP contribution in [0.1, 0.15) is 5.56 Å². The van der Waals surface area contributed by atoms with Crippen LogP contribution in [0, 0.1) is 0 Å². The van der Waals surface area contributed by atoms with Crippen LogP contribution < -0.4 is 24.8 Å². The van der Waals surface area contributed by atoms with E-state index in [1.54, 1.807) is 50.9 Å². The average Bonchev–Trinajstić information content (AvgIpc) is 2.85. The first-order valence-electron chi connectivity index (χ1n) is 10.4. The largest absolute Gasteiger partial charge is 0.493 e. The molecule has 168 valence electrons. The number of pyridine rings is 2. The van der Waals surface area contributed by atoms with Crippen molar-refractivity contribution in [1.29, 1.82) is 0 Å². The van der Waals surface area contributed by atoms with Gasteiger partial charge in [-0.25, -0.2) is 4.98 Å². The van der Waals surface area contributed by atoms with E-state index in [4.69, 9.17) is 14.2 Å². The van der Waals surface area contributed by atoms with E-state index in [1.165, 1.54) is 0 Å². The molecule has 2 aromatic carbocycles. The standard InChI is InChI=1S/C25H24N4O4/c1-31-22-12-19-20(13-23(22)32-2)27-11-10-21(19)33-25-9-8-18(15-28-25)29-24(30)16-26-14-17-6-4-3-5-7-17/h3-13,15,26H,14,16H2,1-2H3,(H,29,30). The highest BCUT2D eigenvalue weighted by Gasteiger charge is 2.12. The van der Waals surface area contributed by atoms with Gasteiger partial charge in [-0.3, -0.25) is 9.78 Å². The molecule has 0 aliphatic carbocycles. The van der Waals surface area contributed by atoms with Gasteiger partial charge in [0.2, 0.25) is 11.8 Å². The van der Waals surface area contributed by atoms with E-state index in [1.807, 2.05) is 36.4 Å². The summed E-state index contributed by atoms with van der Waals surface area (Å²) in [5.41, 5.74) is 2.41. The summed E-state index contributed by atoms with van der Waals surface area (Å²) in [6, 6.07) is 18.7. The van der Waals surface area contributed by atoms with Crippen molar-refractivity contribution in [1.82, 2.24) is 15.3 Å². The van der Waals surface area contributed by atoms with Crippen molar-refractivity contribution in [2.75, 3.05) is 26.1 Å². The van der Waals surface area contributed by atoms with Gasteiger partial charge in [0, 0.05) is 30.3 Å². The summed E-state index contributed by atoms with van der Waals surface area (Å²) >= 11 is 0. The maximum absolute atomic E-state index is 12.2. The number of carbonyl (C=O) groups is 1. The lowest BCUT2D eigenvalue weighted by molar-refractivity contribution is -0.115. The minimum atomic E-state index is -0.150. The van der Waals surface area contributed by atoms with Crippen LogP contribution in [0.25, 0.3) is 10.9 Å². The van der Waals surface area contributed by atoms with Crippen LogP contribution in [-0.4, -0.2) is 36.6 Å². The van der Waals surface area contributed by atoms with Gasteiger partial charge in [0.1, 0.15) is 5.75 Å². The lowest BCUT2D eigenvalue weighted by Gasteiger charge is -2.12. The zero-order valence-electron chi connectivity index (χ0n) is 18.4. The molecule has 0 unspecified atom stereocenters. The Balaban J connectivity index is 1.38. The predicted octanol–water partition coefficient (Wildman–Crippen LogP) is 4.17. The molecule has 4 aromatic rings. The van der Waals surface area contributed by atoms with Gasteiger partial charge >= 0.3 is 0 Å². The Bertz CT molecular complexity index is 1230. The molecule has 0 saturated heterocycles. The fourth-order valence-corrected chi connectivity index (χ4v) is 3.29. The monoisotopic (exact) mass is 444 g/mol. The maximum atomic E-state index is 12.2. The van der Waals surface area contributed by atoms with Crippen molar-refractivity contribution < 1.29 is 19.0 Å². The molecule has 0 radical (unpaired) electrons. The summed E-state index contributed by atoms with van der Waals surface area (Å²) in [4.78, 5) is 20.8. The van der Waals surface area contributed by atoms with Crippen molar-refractivity contribution in [2.24, 2.45) is 0 Å². The van der Waals surface area contributed by atoms with Crippen LogP contribution in [0.4, 0.5) is 5.69 Å². The molecule has 0 fully saturated rings. The number of carbonyl (C=O) groups excluding carboxylic acids is 1. The SMILES string of the molecule is COc1cc2nccc(Oc3ccc(NC(=O)CNCc4ccccc4)cn3)c2cc1OC. The number of hydrogen-bond acceptors (Lipinski definition) is 7. The van der Waals surface area contributed by atoms with Crippen LogP contribution in [0.2, 0.25) is 0 Å². The Morgan fingerprint density at radius 3 is 2.42 bits per heavy atom. The third kappa shape index (κ3) is 5.55. The average molecular weight is 444 g/mol. The Labute approximate surface area is 191 Å². The van der Waals surface area contributed by atoms with Crippen molar-refractivity contribution in [3.05, 3.63) is 78.6 Å². The Hall–Kier alpha value is -4.17. The number of anilines is 1. The highest BCUT2D eigenvalue weighted by atomic mass is 16.5. The number of amides is 1. The molecule has 4 rings (SSSR count). The molecule has 0 bridgehead atoms. The molecule has 1 amide bonds. The molecule has 0 saturated carbocycles. The molecule has 0 spiro atoms. The molecule has 8 heteroatoms. The third-order valence-electron chi connectivity index (χ3n) is 4.90. The smallest absolute Gasteiger partial charge is 0.238 e. The Morgan fingerprint density at radius 1 is 0.909 bits per heavy atom. The minimum absolute atomic E-state index is 0.150. The second-order valence-corrected chi connectivity index (χ2v) is 7.16. The molecule has 2 N–H and O–H groups in total. The highest BCUT2D eigenvalue weighted by molar-refractivity contribution is 5.92. The summed E-state index contributed by atoms with van der Waals surface area (Å²) < 4.78 is 16.7. The Morgan fingerprint density at radius 2 is 1.70 bits per heavy atom. The first kappa shape index (κ1) is 22.0. The normalized spacial score (nSPS) is 10.6. The van der Waals surface area contributed by atoms with Crippen molar-refractivity contribution in [2.45, 2.75) is 6.54 Å². The third-order valence-corrected chi connectivity index (χ3v) is 4.90. The number of nitrogens with one attached hydrogen (secondary N) is 2. The van der Waals surface area contributed by atoms with Gasteiger partial charge < -0.3 is 24.8 Å². The molecule has 2 heterocycles. The number of nitrogens with zero attached hydrogens (tertiary/aromatic N) is 2. The summed E-state index contributed by atoms with van der Waals surface area (Å²) in [5, 5.41) is 6.70. The van der Waals surface area contributed by atoms with Crippen LogP contribution in [0.15, 0.2) is 73.1 Å². The van der Waals surface area contributed by atoms with Gasteiger partial charge in [-0.2, -0.15) is 0 Å². The van der Waals surface area contributed by atoms with Gasteiger partial charge in [-0.05, 0) is 23.8 Å². The molecule has 8 nitrogen and oxygen atoms in total. The molecule has 2 aromatic heterocycles. The fraction of sp³-hybridized carbons (Fsp3) is 0.160. The second kappa shape index (κ2) is 10.4. The molecular weight excluding hydrogens is 420 g/mol. The predicted molar refractivity (Wildman–Crippen MR) is 126 cm³/mol. The van der Waals surface area contributed by atoms with E-state index in [0.717, 1.165) is 10.9 Å². The quantitative estimate of drug-likeness (QED) is 0.400. The first-order valence-corrected chi connectivity index (χ1v) is 10.4. The number of methoxy groups -OCH3 is 2. The van der Waals surface area contributed by atoms with E-state index in [-0.39, 0.29) is 12.5 Å². The summed E-state index contributed by atoms with van der Waals surface area (Å²) in [7, 11) is 3.15. The molecule has 0 aliphatic heterocycles. The van der Waals surface area contributed by atoms with Crippen LogP contribution in [0.5, 0.6) is 23.1 Å². The highest BCUT2D eigenvalue weighted by Crippen LogP contribution is 2.36. The Kier molecular flexibility index (Phi) is 6.96. The summed E-state index contributed by atoms with van der Waals surface area (Å²) in [6.07, 6.45) is 3.21. The van der Waals surface area contributed by atoms with Crippen LogP contribution >= 0.6 is 0 Å². The maximum Gasteiger partial charge on any atom is 0.238 e. The second-order valence-electron chi connectivity index (χ2n) is 7.16. The van der Waals surface area contributed by atoms with Crippen LogP contribution in [-0.2, 0) is 11.3 Å². The van der Waals surface area contributed by atoms with Gasteiger partial charge in [-0.15, -0.1) is 0 Å². The number of fused-ring (bicyclic) bond motifs is 1. The first-order chi connectivity index (χ1) is 16.2. The van der Waals surface area contributed by atoms with Crippen molar-refractivity contribution >= 4 is 22.5 Å². The topological polar surface area (TPSA) is 94.6 Å². The molecule has 0 aliphatic rings.